The summed E-state index contributed by atoms with van der Waals surface area (Å²) in [5, 5.41) is 0. The molecule has 0 aliphatic heterocycles. The molecule has 0 amide bonds. The molecular weight excluding hydrogens is 292 g/mol. The van der Waals surface area contributed by atoms with E-state index in [9.17, 15) is 4.79 Å². The number of Topliss-reactive ketones (excluding diaryl/α,β-unsaturated/α-hetero) is 1. The molecule has 0 aliphatic carbocycles. The van der Waals surface area contributed by atoms with E-state index in [1.54, 1.807) is 6.20 Å². The lowest BCUT2D eigenvalue weighted by Crippen LogP contribution is -2.10. The van der Waals surface area contributed by atoms with Crippen molar-refractivity contribution in [2.75, 3.05) is 0 Å². The van der Waals surface area contributed by atoms with Crippen LogP contribution in [-0.2, 0) is 13.0 Å². The smallest absolute Gasteiger partial charge is 0.171 e. The summed E-state index contributed by atoms with van der Waals surface area (Å²) in [5.74, 6) is 0.901. The predicted octanol–water partition coefficient (Wildman–Crippen LogP) is 3.40. The quantitative estimate of drug-likeness (QED) is 0.812. The van der Waals surface area contributed by atoms with E-state index in [4.69, 9.17) is 0 Å². The molecule has 0 aliphatic rings. The fourth-order valence-corrected chi connectivity index (χ4v) is 2.59. The van der Waals surface area contributed by atoms with Crippen LogP contribution in [0.2, 0.25) is 0 Å². The molecule has 0 fully saturated rings. The summed E-state index contributed by atoms with van der Waals surface area (Å²) in [6, 6.07) is 5.77. The molecule has 18 heavy (non-hydrogen) atoms. The fourth-order valence-electron chi connectivity index (χ4n) is 1.88. The van der Waals surface area contributed by atoms with Crippen molar-refractivity contribution in [3.05, 3.63) is 52.0 Å². The zero-order valence-electron chi connectivity index (χ0n) is 10.5. The molecule has 0 atom stereocenters. The van der Waals surface area contributed by atoms with Crippen LogP contribution in [0, 0.1) is 6.92 Å². The van der Waals surface area contributed by atoms with Gasteiger partial charge in [-0.25, -0.2) is 4.98 Å². The first-order valence-corrected chi connectivity index (χ1v) is 6.70. The third kappa shape index (κ3) is 2.70. The van der Waals surface area contributed by atoms with Crippen LogP contribution in [0.4, 0.5) is 0 Å². The molecule has 2 rings (SSSR count). The van der Waals surface area contributed by atoms with E-state index in [0.717, 1.165) is 22.4 Å². The second-order valence-corrected chi connectivity index (χ2v) is 5.07. The Hall–Kier alpha value is -1.42. The second-order valence-electron chi connectivity index (χ2n) is 4.21. The third-order valence-electron chi connectivity index (χ3n) is 2.89. The maximum absolute atomic E-state index is 12.2. The second kappa shape index (κ2) is 5.48. The van der Waals surface area contributed by atoms with Gasteiger partial charge < -0.3 is 4.57 Å². The van der Waals surface area contributed by atoms with Gasteiger partial charge in [0.25, 0.3) is 0 Å². The Balaban J connectivity index is 2.22. The Kier molecular flexibility index (Phi) is 3.97. The van der Waals surface area contributed by atoms with E-state index in [-0.39, 0.29) is 5.78 Å². The van der Waals surface area contributed by atoms with E-state index in [1.165, 1.54) is 0 Å². The number of aromatic nitrogens is 2. The summed E-state index contributed by atoms with van der Waals surface area (Å²) in [7, 11) is 0. The number of hydrogen-bond acceptors (Lipinski definition) is 2. The number of carbonyl (C=O) groups excluding carboxylic acids is 1. The standard InChI is InChI=1S/C14H15BrN2O/c1-3-17-7-6-16-14(17)9-13(18)11-5-4-10(2)8-12(11)15/h4-8H,3,9H2,1-2H3. The van der Waals surface area contributed by atoms with Gasteiger partial charge in [-0.15, -0.1) is 0 Å². The van der Waals surface area contributed by atoms with E-state index in [2.05, 4.69) is 20.9 Å². The average molecular weight is 307 g/mol. The van der Waals surface area contributed by atoms with Gasteiger partial charge in [0, 0.05) is 29.0 Å². The first kappa shape index (κ1) is 13.0. The highest BCUT2D eigenvalue weighted by atomic mass is 79.9. The van der Waals surface area contributed by atoms with Gasteiger partial charge in [0.1, 0.15) is 5.82 Å². The zero-order chi connectivity index (χ0) is 13.1. The Morgan fingerprint density at radius 3 is 2.89 bits per heavy atom. The monoisotopic (exact) mass is 306 g/mol. The van der Waals surface area contributed by atoms with Crippen molar-refractivity contribution in [3.8, 4) is 0 Å². The van der Waals surface area contributed by atoms with Gasteiger partial charge in [-0.1, -0.05) is 22.0 Å². The molecule has 1 aromatic heterocycles. The molecule has 0 bridgehead atoms. The molecule has 0 radical (unpaired) electrons. The minimum Gasteiger partial charge on any atom is -0.335 e. The van der Waals surface area contributed by atoms with Crippen molar-refractivity contribution in [2.24, 2.45) is 0 Å². The topological polar surface area (TPSA) is 34.9 Å². The number of aryl methyl sites for hydroxylation is 2. The van der Waals surface area contributed by atoms with Crippen LogP contribution in [0.15, 0.2) is 35.1 Å². The number of hydrogen-bond donors (Lipinski definition) is 0. The lowest BCUT2D eigenvalue weighted by atomic mass is 10.1. The van der Waals surface area contributed by atoms with E-state index < -0.39 is 0 Å². The summed E-state index contributed by atoms with van der Waals surface area (Å²) in [6.45, 7) is 4.87. The minimum absolute atomic E-state index is 0.0859. The molecule has 0 N–H and O–H groups in total. The summed E-state index contributed by atoms with van der Waals surface area (Å²) < 4.78 is 2.84. The number of halogens is 1. The van der Waals surface area contributed by atoms with Crippen LogP contribution in [0.5, 0.6) is 0 Å². The number of carbonyl (C=O) groups is 1. The highest BCUT2D eigenvalue weighted by Gasteiger charge is 2.13. The first-order chi connectivity index (χ1) is 8.61. The van der Waals surface area contributed by atoms with Crippen LogP contribution < -0.4 is 0 Å². The van der Waals surface area contributed by atoms with Gasteiger partial charge in [0.05, 0.1) is 6.42 Å². The number of imidazole rings is 1. The van der Waals surface area contributed by atoms with Crippen LogP contribution >= 0.6 is 15.9 Å². The van der Waals surface area contributed by atoms with Crippen LogP contribution in [-0.4, -0.2) is 15.3 Å². The number of ketones is 1. The normalized spacial score (nSPS) is 10.6. The summed E-state index contributed by atoms with van der Waals surface area (Å²) in [4.78, 5) is 16.5. The molecule has 2 aromatic rings. The number of benzene rings is 1. The molecular formula is C14H15BrN2O. The number of nitrogens with zero attached hydrogens (tertiary/aromatic N) is 2. The average Bonchev–Trinajstić information content (AvgIpc) is 2.76. The van der Waals surface area contributed by atoms with Crippen molar-refractivity contribution in [2.45, 2.75) is 26.8 Å². The predicted molar refractivity (Wildman–Crippen MR) is 74.8 cm³/mol. The number of rotatable bonds is 4. The maximum atomic E-state index is 12.2. The van der Waals surface area contributed by atoms with Crippen LogP contribution in [0.3, 0.4) is 0 Å². The first-order valence-electron chi connectivity index (χ1n) is 5.91. The Morgan fingerprint density at radius 1 is 1.44 bits per heavy atom. The van der Waals surface area contributed by atoms with Crippen LogP contribution in [0.1, 0.15) is 28.7 Å². The van der Waals surface area contributed by atoms with E-state index in [0.29, 0.717) is 12.0 Å². The summed E-state index contributed by atoms with van der Waals surface area (Å²) in [6.07, 6.45) is 3.96. The molecule has 0 unspecified atom stereocenters. The Bertz CT molecular complexity index is 575. The molecule has 1 aromatic carbocycles. The third-order valence-corrected chi connectivity index (χ3v) is 3.54. The van der Waals surface area contributed by atoms with Crippen molar-refractivity contribution in [1.29, 1.82) is 0 Å². The molecule has 94 valence electrons. The van der Waals surface area contributed by atoms with Gasteiger partial charge in [-0.3, -0.25) is 4.79 Å². The van der Waals surface area contributed by atoms with Gasteiger partial charge in [-0.2, -0.15) is 0 Å². The van der Waals surface area contributed by atoms with Crippen molar-refractivity contribution >= 4 is 21.7 Å². The van der Waals surface area contributed by atoms with Crippen molar-refractivity contribution in [3.63, 3.8) is 0 Å². The van der Waals surface area contributed by atoms with E-state index in [1.807, 2.05) is 42.8 Å². The zero-order valence-corrected chi connectivity index (χ0v) is 12.1. The molecule has 0 saturated carbocycles. The van der Waals surface area contributed by atoms with Crippen molar-refractivity contribution in [1.82, 2.24) is 9.55 Å². The van der Waals surface area contributed by atoms with Crippen LogP contribution in [0.25, 0.3) is 0 Å². The minimum atomic E-state index is 0.0859. The lowest BCUT2D eigenvalue weighted by molar-refractivity contribution is 0.0989. The van der Waals surface area contributed by atoms with Gasteiger partial charge in [0.2, 0.25) is 0 Å². The summed E-state index contributed by atoms with van der Waals surface area (Å²) >= 11 is 3.44. The van der Waals surface area contributed by atoms with Gasteiger partial charge in [0.15, 0.2) is 5.78 Å². The highest BCUT2D eigenvalue weighted by Crippen LogP contribution is 2.20. The lowest BCUT2D eigenvalue weighted by Gasteiger charge is -2.06. The molecule has 0 saturated heterocycles. The highest BCUT2D eigenvalue weighted by molar-refractivity contribution is 9.10. The molecule has 1 heterocycles. The van der Waals surface area contributed by atoms with Gasteiger partial charge in [-0.05, 0) is 31.5 Å². The largest absolute Gasteiger partial charge is 0.335 e. The molecule has 3 nitrogen and oxygen atoms in total. The van der Waals surface area contributed by atoms with E-state index >= 15 is 0 Å². The maximum Gasteiger partial charge on any atom is 0.171 e. The fraction of sp³-hybridized carbons (Fsp3) is 0.286. The SMILES string of the molecule is CCn1ccnc1CC(=O)c1ccc(C)cc1Br. The molecule has 4 heteroatoms. The molecule has 0 spiro atoms. The Morgan fingerprint density at radius 2 is 2.22 bits per heavy atom. The summed E-state index contributed by atoms with van der Waals surface area (Å²) in [5.41, 5.74) is 1.85. The Labute approximate surface area is 115 Å². The van der Waals surface area contributed by atoms with Gasteiger partial charge >= 0.3 is 0 Å². The van der Waals surface area contributed by atoms with Crippen molar-refractivity contribution < 1.29 is 4.79 Å².